The van der Waals surface area contributed by atoms with Crippen molar-refractivity contribution in [1.82, 2.24) is 19.4 Å². The molecule has 1 aliphatic rings. The lowest BCUT2D eigenvalue weighted by Gasteiger charge is -2.35. The predicted octanol–water partition coefficient (Wildman–Crippen LogP) is 0.213. The number of rotatable bonds is 5. The molecule has 0 unspecified atom stereocenters. The quantitative estimate of drug-likeness (QED) is 0.804. The van der Waals surface area contributed by atoms with Crippen LogP contribution in [0.4, 0.5) is 0 Å². The molecule has 1 aliphatic heterocycles. The summed E-state index contributed by atoms with van der Waals surface area (Å²) in [6.45, 7) is 4.71. The average molecular weight is 316 g/mol. The topological polar surface area (TPSA) is 107 Å². The average Bonchev–Trinajstić information content (AvgIpc) is 2.97. The van der Waals surface area contributed by atoms with Gasteiger partial charge in [0.25, 0.3) is 10.0 Å². The number of piperidine rings is 1. The van der Waals surface area contributed by atoms with Crippen LogP contribution in [0.1, 0.15) is 30.1 Å². The van der Waals surface area contributed by atoms with Gasteiger partial charge in [-0.2, -0.15) is 9.40 Å². The van der Waals surface area contributed by atoms with Gasteiger partial charge in [-0.25, -0.2) is 13.2 Å². The normalized spacial score (nSPS) is 18.2. The van der Waals surface area contributed by atoms with Crippen molar-refractivity contribution < 1.29 is 18.3 Å². The highest BCUT2D eigenvalue weighted by Crippen LogP contribution is 2.23. The first kappa shape index (κ1) is 15.9. The SMILES string of the molecule is CCN1CCC(N(C)S(=O)(=O)c2[nH]ncc2C(=O)O)CC1. The molecule has 2 heterocycles. The molecule has 8 nitrogen and oxygen atoms in total. The minimum absolute atomic E-state index is 0.122. The van der Waals surface area contributed by atoms with Crippen LogP contribution in [0.2, 0.25) is 0 Å². The Bertz CT molecular complexity index is 605. The summed E-state index contributed by atoms with van der Waals surface area (Å²) in [5, 5.41) is 14.5. The van der Waals surface area contributed by atoms with E-state index in [1.54, 1.807) is 0 Å². The Kier molecular flexibility index (Phi) is 4.64. The van der Waals surface area contributed by atoms with Crippen molar-refractivity contribution in [3.8, 4) is 0 Å². The molecule has 1 fully saturated rings. The van der Waals surface area contributed by atoms with Crippen LogP contribution >= 0.6 is 0 Å². The number of likely N-dealkylation sites (tertiary alicyclic amines) is 1. The number of carboxylic acids is 1. The molecule has 0 aliphatic carbocycles. The van der Waals surface area contributed by atoms with Gasteiger partial charge in [0.1, 0.15) is 5.56 Å². The number of carboxylic acid groups (broad SMARTS) is 1. The molecular formula is C12H20N4O4S. The van der Waals surface area contributed by atoms with Gasteiger partial charge in [0.2, 0.25) is 0 Å². The van der Waals surface area contributed by atoms with Crippen molar-refractivity contribution in [3.05, 3.63) is 11.8 Å². The molecule has 9 heteroatoms. The summed E-state index contributed by atoms with van der Waals surface area (Å²) in [6.07, 6.45) is 2.49. The van der Waals surface area contributed by atoms with E-state index in [0.717, 1.165) is 38.7 Å². The van der Waals surface area contributed by atoms with Crippen molar-refractivity contribution in [1.29, 1.82) is 0 Å². The maximum atomic E-state index is 12.5. The Labute approximate surface area is 123 Å². The first-order valence-corrected chi connectivity index (χ1v) is 8.29. The van der Waals surface area contributed by atoms with Gasteiger partial charge in [-0.15, -0.1) is 0 Å². The first-order valence-electron chi connectivity index (χ1n) is 6.85. The minimum atomic E-state index is -3.88. The second kappa shape index (κ2) is 6.12. The summed E-state index contributed by atoms with van der Waals surface area (Å²) >= 11 is 0. The van der Waals surface area contributed by atoms with Crippen LogP contribution < -0.4 is 0 Å². The zero-order valence-electron chi connectivity index (χ0n) is 12.1. The van der Waals surface area contributed by atoms with E-state index in [9.17, 15) is 13.2 Å². The Balaban J connectivity index is 2.19. The largest absolute Gasteiger partial charge is 0.478 e. The minimum Gasteiger partial charge on any atom is -0.478 e. The van der Waals surface area contributed by atoms with Crippen molar-refractivity contribution in [2.45, 2.75) is 30.8 Å². The number of aromatic amines is 1. The molecule has 0 saturated carbocycles. The molecule has 2 N–H and O–H groups in total. The van der Waals surface area contributed by atoms with Gasteiger partial charge in [0, 0.05) is 13.1 Å². The Morgan fingerprint density at radius 1 is 1.52 bits per heavy atom. The van der Waals surface area contributed by atoms with E-state index < -0.39 is 16.0 Å². The van der Waals surface area contributed by atoms with Crippen LogP contribution in [0.5, 0.6) is 0 Å². The number of aromatic nitrogens is 2. The van der Waals surface area contributed by atoms with Crippen molar-refractivity contribution >= 4 is 16.0 Å². The molecule has 0 aromatic carbocycles. The standard InChI is InChI=1S/C12H20N4O4S/c1-3-16-6-4-9(5-7-16)15(2)21(19,20)11-10(12(17)18)8-13-14-11/h8-9H,3-7H2,1-2H3,(H,13,14)(H,17,18). The second-order valence-corrected chi connectivity index (χ2v) is 7.04. The third kappa shape index (κ3) is 3.09. The maximum absolute atomic E-state index is 12.5. The number of hydrogen-bond acceptors (Lipinski definition) is 5. The van der Waals surface area contributed by atoms with E-state index in [-0.39, 0.29) is 16.6 Å². The molecule has 118 valence electrons. The number of carbonyl (C=O) groups is 1. The smallest absolute Gasteiger partial charge is 0.340 e. The molecule has 1 aromatic rings. The van der Waals surface area contributed by atoms with Crippen molar-refractivity contribution in [3.63, 3.8) is 0 Å². The van der Waals surface area contributed by atoms with Gasteiger partial charge < -0.3 is 10.0 Å². The number of nitrogens with one attached hydrogen (secondary N) is 1. The fourth-order valence-electron chi connectivity index (χ4n) is 2.56. The fourth-order valence-corrected chi connectivity index (χ4v) is 4.04. The summed E-state index contributed by atoms with van der Waals surface area (Å²) in [7, 11) is -2.39. The number of aromatic carboxylic acids is 1. The van der Waals surface area contributed by atoms with Gasteiger partial charge >= 0.3 is 5.97 Å². The number of sulfonamides is 1. The molecule has 0 radical (unpaired) electrons. The second-order valence-electron chi connectivity index (χ2n) is 5.10. The highest BCUT2D eigenvalue weighted by molar-refractivity contribution is 7.89. The molecule has 21 heavy (non-hydrogen) atoms. The first-order chi connectivity index (χ1) is 9.87. The van der Waals surface area contributed by atoms with Crippen LogP contribution in [0, 0.1) is 0 Å². The highest BCUT2D eigenvalue weighted by Gasteiger charge is 2.34. The molecular weight excluding hydrogens is 296 g/mol. The van der Waals surface area contributed by atoms with Crippen LogP contribution in [-0.4, -0.2) is 71.6 Å². The summed E-state index contributed by atoms with van der Waals surface area (Å²) < 4.78 is 26.4. The molecule has 1 aromatic heterocycles. The molecule has 1 saturated heterocycles. The van der Waals surface area contributed by atoms with Gasteiger partial charge in [-0.05, 0) is 32.5 Å². The zero-order valence-corrected chi connectivity index (χ0v) is 12.9. The van der Waals surface area contributed by atoms with E-state index in [1.807, 2.05) is 0 Å². The summed E-state index contributed by atoms with van der Waals surface area (Å²) in [4.78, 5) is 13.3. The van der Waals surface area contributed by atoms with E-state index in [1.165, 1.54) is 11.4 Å². The van der Waals surface area contributed by atoms with E-state index >= 15 is 0 Å². The summed E-state index contributed by atoms with van der Waals surface area (Å²) in [6, 6.07) is -0.122. The van der Waals surface area contributed by atoms with Gasteiger partial charge in [0.05, 0.1) is 6.20 Å². The summed E-state index contributed by atoms with van der Waals surface area (Å²) in [5.74, 6) is -1.31. The highest BCUT2D eigenvalue weighted by atomic mass is 32.2. The van der Waals surface area contributed by atoms with Crippen molar-refractivity contribution in [2.75, 3.05) is 26.7 Å². The summed E-state index contributed by atoms with van der Waals surface area (Å²) in [5.41, 5.74) is -0.326. The molecule has 0 atom stereocenters. The molecule has 0 bridgehead atoms. The van der Waals surface area contributed by atoms with Crippen molar-refractivity contribution in [2.24, 2.45) is 0 Å². The van der Waals surface area contributed by atoms with Gasteiger partial charge in [0.15, 0.2) is 5.03 Å². The van der Waals surface area contributed by atoms with Gasteiger partial charge in [-0.3, -0.25) is 5.10 Å². The lowest BCUT2D eigenvalue weighted by molar-refractivity contribution is 0.0692. The van der Waals surface area contributed by atoms with Crippen LogP contribution in [0.3, 0.4) is 0 Å². The molecule has 0 spiro atoms. The van der Waals surface area contributed by atoms with Crippen LogP contribution in [0.25, 0.3) is 0 Å². The Hall–Kier alpha value is -1.45. The van der Waals surface area contributed by atoms with E-state index in [2.05, 4.69) is 22.0 Å². The van der Waals surface area contributed by atoms with Crippen LogP contribution in [0.15, 0.2) is 11.2 Å². The third-order valence-electron chi connectivity index (χ3n) is 3.99. The number of hydrogen-bond donors (Lipinski definition) is 2. The van der Waals surface area contributed by atoms with E-state index in [0.29, 0.717) is 0 Å². The Morgan fingerprint density at radius 2 is 2.14 bits per heavy atom. The fraction of sp³-hybridized carbons (Fsp3) is 0.667. The molecule has 0 amide bonds. The van der Waals surface area contributed by atoms with E-state index in [4.69, 9.17) is 5.11 Å². The molecule has 2 rings (SSSR count). The Morgan fingerprint density at radius 3 is 2.67 bits per heavy atom. The third-order valence-corrected chi connectivity index (χ3v) is 5.87. The number of H-pyrrole nitrogens is 1. The lowest BCUT2D eigenvalue weighted by atomic mass is 10.1. The maximum Gasteiger partial charge on any atom is 0.340 e. The number of nitrogens with zero attached hydrogens (tertiary/aromatic N) is 3. The van der Waals surface area contributed by atoms with Gasteiger partial charge in [-0.1, -0.05) is 6.92 Å². The zero-order chi connectivity index (χ0) is 15.6. The lowest BCUT2D eigenvalue weighted by Crippen LogP contribution is -2.45. The van der Waals surface area contributed by atoms with Crippen LogP contribution in [-0.2, 0) is 10.0 Å². The monoisotopic (exact) mass is 316 g/mol. The predicted molar refractivity (Wildman–Crippen MR) is 75.6 cm³/mol.